The van der Waals surface area contributed by atoms with Gasteiger partial charge in [-0.3, -0.25) is 4.79 Å². The zero-order valence-electron chi connectivity index (χ0n) is 12.1. The minimum absolute atomic E-state index is 0.223. The monoisotopic (exact) mass is 306 g/mol. The summed E-state index contributed by atoms with van der Waals surface area (Å²) in [5.74, 6) is -1.41. The fraction of sp³-hybridized carbons (Fsp3) is 0.467. The van der Waals surface area contributed by atoms with E-state index in [-0.39, 0.29) is 12.6 Å². The number of hydrogen-bond acceptors (Lipinski definition) is 5. The highest BCUT2D eigenvalue weighted by molar-refractivity contribution is 7.98. The van der Waals surface area contributed by atoms with Crippen LogP contribution in [0.25, 0.3) is 0 Å². The standard InChI is InChI=1S/C15H18N2O3S/c1-3-17(13-9-20-8-11(13)15(18)19)12-5-4-6-14(21-2)10(12)7-16/h4-6,11,13H,3,8-9H2,1-2H3,(H,18,19). The Morgan fingerprint density at radius 2 is 2.33 bits per heavy atom. The second-order valence-electron chi connectivity index (χ2n) is 4.80. The summed E-state index contributed by atoms with van der Waals surface area (Å²) in [6.07, 6.45) is 1.93. The highest BCUT2D eigenvalue weighted by Crippen LogP contribution is 2.32. The molecule has 1 N–H and O–H groups in total. The van der Waals surface area contributed by atoms with E-state index in [2.05, 4.69) is 6.07 Å². The number of anilines is 1. The molecule has 112 valence electrons. The Morgan fingerprint density at radius 1 is 1.57 bits per heavy atom. The average Bonchev–Trinajstić information content (AvgIpc) is 2.97. The highest BCUT2D eigenvalue weighted by Gasteiger charge is 2.38. The van der Waals surface area contributed by atoms with E-state index in [9.17, 15) is 15.2 Å². The van der Waals surface area contributed by atoms with Crippen LogP contribution in [0.3, 0.4) is 0 Å². The summed E-state index contributed by atoms with van der Waals surface area (Å²) in [4.78, 5) is 14.2. The third-order valence-electron chi connectivity index (χ3n) is 3.75. The lowest BCUT2D eigenvalue weighted by molar-refractivity contribution is -0.141. The van der Waals surface area contributed by atoms with Crippen LogP contribution in [-0.4, -0.2) is 43.1 Å². The first-order valence-corrected chi connectivity index (χ1v) is 8.00. The Hall–Kier alpha value is -1.71. The van der Waals surface area contributed by atoms with Gasteiger partial charge in [0.1, 0.15) is 12.0 Å². The molecule has 1 saturated heterocycles. The third-order valence-corrected chi connectivity index (χ3v) is 4.53. The van der Waals surface area contributed by atoms with Crippen LogP contribution >= 0.6 is 11.8 Å². The van der Waals surface area contributed by atoms with Gasteiger partial charge in [-0.1, -0.05) is 6.07 Å². The van der Waals surface area contributed by atoms with Crippen LogP contribution < -0.4 is 4.90 Å². The number of carboxylic acid groups (broad SMARTS) is 1. The number of ether oxygens (including phenoxy) is 1. The first-order valence-electron chi connectivity index (χ1n) is 6.78. The van der Waals surface area contributed by atoms with Crippen molar-refractivity contribution in [3.63, 3.8) is 0 Å². The van der Waals surface area contributed by atoms with Crippen LogP contribution in [-0.2, 0) is 9.53 Å². The summed E-state index contributed by atoms with van der Waals surface area (Å²) in [6.45, 7) is 3.19. The topological polar surface area (TPSA) is 73.6 Å². The van der Waals surface area contributed by atoms with Crippen LogP contribution in [0.15, 0.2) is 23.1 Å². The maximum Gasteiger partial charge on any atom is 0.311 e. The molecule has 0 amide bonds. The van der Waals surface area contributed by atoms with Gasteiger partial charge in [-0.25, -0.2) is 0 Å². The van der Waals surface area contributed by atoms with Crippen LogP contribution in [0.4, 0.5) is 5.69 Å². The van der Waals surface area contributed by atoms with Gasteiger partial charge in [0.25, 0.3) is 0 Å². The number of aliphatic carboxylic acids is 1. The first kappa shape index (κ1) is 15.7. The highest BCUT2D eigenvalue weighted by atomic mass is 32.2. The van der Waals surface area contributed by atoms with Crippen molar-refractivity contribution in [1.29, 1.82) is 5.26 Å². The summed E-state index contributed by atoms with van der Waals surface area (Å²) in [7, 11) is 0. The minimum Gasteiger partial charge on any atom is -0.481 e. The Bertz CT molecular complexity index is 571. The molecule has 0 aromatic heterocycles. The van der Waals surface area contributed by atoms with Crippen molar-refractivity contribution in [3.8, 4) is 6.07 Å². The fourth-order valence-electron chi connectivity index (χ4n) is 2.71. The SMILES string of the molecule is CCN(c1cccc(SC)c1C#N)C1COCC1C(=O)O. The zero-order chi connectivity index (χ0) is 15.4. The molecule has 6 heteroatoms. The molecule has 0 bridgehead atoms. The van der Waals surface area contributed by atoms with Gasteiger partial charge in [-0.15, -0.1) is 11.8 Å². The molecule has 1 aromatic carbocycles. The maximum atomic E-state index is 11.4. The predicted octanol–water partition coefficient (Wildman–Crippen LogP) is 2.21. The van der Waals surface area contributed by atoms with Crippen LogP contribution in [0.1, 0.15) is 12.5 Å². The van der Waals surface area contributed by atoms with E-state index in [1.54, 1.807) is 0 Å². The van der Waals surface area contributed by atoms with E-state index in [1.807, 2.05) is 36.3 Å². The van der Waals surface area contributed by atoms with Crippen LogP contribution in [0.5, 0.6) is 0 Å². The summed E-state index contributed by atoms with van der Waals surface area (Å²) in [5, 5.41) is 18.8. The number of thioether (sulfide) groups is 1. The second-order valence-corrected chi connectivity index (χ2v) is 5.65. The lowest BCUT2D eigenvalue weighted by Gasteiger charge is -2.32. The molecular formula is C15H18N2O3S. The van der Waals surface area contributed by atoms with Crippen molar-refractivity contribution >= 4 is 23.4 Å². The molecule has 21 heavy (non-hydrogen) atoms. The molecule has 0 radical (unpaired) electrons. The number of carbonyl (C=O) groups is 1. The molecule has 1 fully saturated rings. The van der Waals surface area contributed by atoms with E-state index in [1.165, 1.54) is 11.8 Å². The van der Waals surface area contributed by atoms with Crippen molar-refractivity contribution in [3.05, 3.63) is 23.8 Å². The third kappa shape index (κ3) is 2.99. The van der Waals surface area contributed by atoms with Gasteiger partial charge < -0.3 is 14.7 Å². The van der Waals surface area contributed by atoms with Gasteiger partial charge in [0.2, 0.25) is 0 Å². The Morgan fingerprint density at radius 3 is 2.90 bits per heavy atom. The minimum atomic E-state index is -0.851. The first-order chi connectivity index (χ1) is 10.1. The summed E-state index contributed by atoms with van der Waals surface area (Å²) < 4.78 is 5.35. The number of nitrogens with zero attached hydrogens (tertiary/aromatic N) is 2. The Labute approximate surface area is 128 Å². The van der Waals surface area contributed by atoms with E-state index < -0.39 is 11.9 Å². The smallest absolute Gasteiger partial charge is 0.311 e. The molecule has 0 aliphatic carbocycles. The van der Waals surface area contributed by atoms with Crippen LogP contribution in [0, 0.1) is 17.2 Å². The molecule has 0 spiro atoms. The molecule has 1 aromatic rings. The van der Waals surface area contributed by atoms with Crippen LogP contribution in [0.2, 0.25) is 0 Å². The van der Waals surface area contributed by atoms with Crippen molar-refractivity contribution in [2.75, 3.05) is 30.9 Å². The zero-order valence-corrected chi connectivity index (χ0v) is 12.9. The van der Waals surface area contributed by atoms with Gasteiger partial charge in [0, 0.05) is 11.4 Å². The quantitative estimate of drug-likeness (QED) is 0.841. The summed E-state index contributed by atoms with van der Waals surface area (Å²) in [6, 6.07) is 7.68. The normalized spacial score (nSPS) is 21.0. The van der Waals surface area contributed by atoms with Gasteiger partial charge in [-0.05, 0) is 25.3 Å². The average molecular weight is 306 g/mol. The van der Waals surface area contributed by atoms with E-state index in [0.717, 1.165) is 10.6 Å². The van der Waals surface area contributed by atoms with Gasteiger partial charge in [0.05, 0.1) is 30.5 Å². The lowest BCUT2D eigenvalue weighted by atomic mass is 10.0. The summed E-state index contributed by atoms with van der Waals surface area (Å²) in [5.41, 5.74) is 1.39. The van der Waals surface area contributed by atoms with Crippen molar-refractivity contribution in [1.82, 2.24) is 0 Å². The van der Waals surface area contributed by atoms with E-state index >= 15 is 0 Å². The molecular weight excluding hydrogens is 288 g/mol. The number of likely N-dealkylation sites (N-methyl/N-ethyl adjacent to an activating group) is 1. The van der Waals surface area contributed by atoms with Crippen molar-refractivity contribution in [2.24, 2.45) is 5.92 Å². The fourth-order valence-corrected chi connectivity index (χ4v) is 3.28. The van der Waals surface area contributed by atoms with Crippen molar-refractivity contribution < 1.29 is 14.6 Å². The Balaban J connectivity index is 2.43. The molecule has 0 saturated carbocycles. The lowest BCUT2D eigenvalue weighted by Crippen LogP contribution is -2.43. The van der Waals surface area contributed by atoms with E-state index in [0.29, 0.717) is 18.7 Å². The second kappa shape index (κ2) is 6.83. The molecule has 1 aliphatic heterocycles. The Kier molecular flexibility index (Phi) is 5.10. The van der Waals surface area contributed by atoms with Gasteiger partial charge in [0.15, 0.2) is 0 Å². The van der Waals surface area contributed by atoms with Crippen molar-refractivity contribution in [2.45, 2.75) is 17.9 Å². The van der Waals surface area contributed by atoms with E-state index in [4.69, 9.17) is 4.74 Å². The molecule has 5 nitrogen and oxygen atoms in total. The number of carboxylic acids is 1. The largest absolute Gasteiger partial charge is 0.481 e. The molecule has 1 aliphatic rings. The molecule has 2 atom stereocenters. The maximum absolute atomic E-state index is 11.4. The van der Waals surface area contributed by atoms with Gasteiger partial charge >= 0.3 is 5.97 Å². The number of nitriles is 1. The summed E-state index contributed by atoms with van der Waals surface area (Å²) >= 11 is 1.51. The molecule has 1 heterocycles. The molecule has 2 unspecified atom stereocenters. The number of benzene rings is 1. The number of hydrogen-bond donors (Lipinski definition) is 1. The van der Waals surface area contributed by atoms with Gasteiger partial charge in [-0.2, -0.15) is 5.26 Å². The number of rotatable bonds is 5. The predicted molar refractivity (Wildman–Crippen MR) is 81.7 cm³/mol. The molecule has 2 rings (SSSR count).